The second kappa shape index (κ2) is 8.95. The van der Waals surface area contributed by atoms with E-state index in [1.165, 1.54) is 36.4 Å². The van der Waals surface area contributed by atoms with Gasteiger partial charge in [-0.2, -0.15) is 4.98 Å². The molecule has 1 saturated heterocycles. The molecule has 1 aliphatic heterocycles. The lowest BCUT2D eigenvalue weighted by Gasteiger charge is -2.26. The Hall–Kier alpha value is -2.75. The van der Waals surface area contributed by atoms with Gasteiger partial charge < -0.3 is 14.5 Å². The molecule has 2 aromatic carbocycles. The highest BCUT2D eigenvalue weighted by Crippen LogP contribution is 2.32. The lowest BCUT2D eigenvalue weighted by atomic mass is 10.2. The van der Waals surface area contributed by atoms with Crippen molar-refractivity contribution >= 4 is 15.7 Å². The second-order valence-corrected chi connectivity index (χ2v) is 8.72. The molecular weight excluding hydrogens is 409 g/mol. The summed E-state index contributed by atoms with van der Waals surface area (Å²) in [6.07, 6.45) is 0. The summed E-state index contributed by atoms with van der Waals surface area (Å²) in [7, 11) is -3.90. The zero-order chi connectivity index (χ0) is 21.0. The number of halogens is 1. The first kappa shape index (κ1) is 20.5. The Balaban J connectivity index is 1.63. The molecule has 1 fully saturated rings. The van der Waals surface area contributed by atoms with Crippen LogP contribution in [0.15, 0.2) is 68.9 Å². The van der Waals surface area contributed by atoms with E-state index in [-0.39, 0.29) is 21.7 Å². The third-order valence-electron chi connectivity index (χ3n) is 4.81. The van der Waals surface area contributed by atoms with E-state index in [4.69, 9.17) is 9.15 Å². The van der Waals surface area contributed by atoms with Gasteiger partial charge in [-0.25, -0.2) is 12.8 Å². The molecule has 4 rings (SSSR count). The molecule has 9 heteroatoms. The van der Waals surface area contributed by atoms with Crippen LogP contribution >= 0.6 is 0 Å². The molecule has 1 aliphatic rings. The minimum absolute atomic E-state index is 0.0754. The number of ether oxygens (including phenoxy) is 1. The Morgan fingerprint density at radius 1 is 1.03 bits per heavy atom. The van der Waals surface area contributed by atoms with Crippen molar-refractivity contribution in [1.29, 1.82) is 0 Å². The van der Waals surface area contributed by atoms with Crippen molar-refractivity contribution in [2.45, 2.75) is 9.92 Å². The number of hydrogen-bond donors (Lipinski definition) is 1. The molecule has 30 heavy (non-hydrogen) atoms. The van der Waals surface area contributed by atoms with Crippen molar-refractivity contribution < 1.29 is 22.0 Å². The SMILES string of the molecule is O=S(=O)(c1ccccc1)c1nc(-c2ccc(F)cc2)oc1NCCN1CCOCC1. The Bertz CT molecular complexity index is 1080. The zero-order valence-electron chi connectivity index (χ0n) is 16.3. The highest BCUT2D eigenvalue weighted by Gasteiger charge is 2.28. The van der Waals surface area contributed by atoms with Crippen molar-refractivity contribution in [3.8, 4) is 11.5 Å². The first-order valence-corrected chi connectivity index (χ1v) is 11.1. The van der Waals surface area contributed by atoms with Gasteiger partial charge in [0, 0.05) is 31.7 Å². The van der Waals surface area contributed by atoms with E-state index in [2.05, 4.69) is 15.2 Å². The van der Waals surface area contributed by atoms with Gasteiger partial charge in [-0.1, -0.05) is 18.2 Å². The normalized spacial score (nSPS) is 15.2. The van der Waals surface area contributed by atoms with Crippen molar-refractivity contribution in [3.63, 3.8) is 0 Å². The summed E-state index contributed by atoms with van der Waals surface area (Å²) in [6.45, 7) is 4.22. The molecule has 7 nitrogen and oxygen atoms in total. The van der Waals surface area contributed by atoms with Crippen LogP contribution < -0.4 is 5.32 Å². The van der Waals surface area contributed by atoms with E-state index >= 15 is 0 Å². The van der Waals surface area contributed by atoms with Gasteiger partial charge in [0.1, 0.15) is 5.82 Å². The molecule has 0 spiro atoms. The maximum atomic E-state index is 13.3. The first-order valence-electron chi connectivity index (χ1n) is 9.65. The number of anilines is 1. The second-order valence-electron chi connectivity index (χ2n) is 6.86. The van der Waals surface area contributed by atoms with Crippen LogP contribution in [-0.2, 0) is 14.6 Å². The molecule has 0 aliphatic carbocycles. The van der Waals surface area contributed by atoms with Crippen LogP contribution in [0.4, 0.5) is 10.3 Å². The standard InChI is InChI=1S/C21H22FN3O4S/c22-17-8-6-16(7-9-17)19-24-21(30(26,27)18-4-2-1-3-5-18)20(29-19)23-10-11-25-12-14-28-15-13-25/h1-9,23H,10-15H2. The van der Waals surface area contributed by atoms with Crippen LogP contribution in [-0.4, -0.2) is 57.7 Å². The Kier molecular flexibility index (Phi) is 6.12. The highest BCUT2D eigenvalue weighted by atomic mass is 32.2. The summed E-state index contributed by atoms with van der Waals surface area (Å²) in [6, 6.07) is 13.6. The minimum Gasteiger partial charge on any atom is -0.419 e. The lowest BCUT2D eigenvalue weighted by molar-refractivity contribution is 0.0398. The summed E-state index contributed by atoms with van der Waals surface area (Å²) < 4.78 is 50.7. The molecule has 158 valence electrons. The monoisotopic (exact) mass is 431 g/mol. The quantitative estimate of drug-likeness (QED) is 0.615. The molecule has 3 aromatic rings. The van der Waals surface area contributed by atoms with Crippen LogP contribution in [0.2, 0.25) is 0 Å². The number of nitrogens with zero attached hydrogens (tertiary/aromatic N) is 2. The van der Waals surface area contributed by atoms with E-state index in [0.29, 0.717) is 31.9 Å². The fraction of sp³-hybridized carbons (Fsp3) is 0.286. The number of oxazole rings is 1. The third kappa shape index (κ3) is 4.53. The van der Waals surface area contributed by atoms with Crippen LogP contribution in [0, 0.1) is 5.82 Å². The maximum Gasteiger partial charge on any atom is 0.233 e. The fourth-order valence-corrected chi connectivity index (χ4v) is 4.48. The van der Waals surface area contributed by atoms with Crippen LogP contribution in [0.25, 0.3) is 11.5 Å². The van der Waals surface area contributed by atoms with Gasteiger partial charge in [0.05, 0.1) is 18.1 Å². The van der Waals surface area contributed by atoms with E-state index < -0.39 is 15.7 Å². The van der Waals surface area contributed by atoms with Gasteiger partial charge in [-0.05, 0) is 36.4 Å². The molecule has 1 N–H and O–H groups in total. The predicted molar refractivity (Wildman–Crippen MR) is 110 cm³/mol. The van der Waals surface area contributed by atoms with Gasteiger partial charge in [-0.15, -0.1) is 0 Å². The molecule has 0 atom stereocenters. The topological polar surface area (TPSA) is 84.7 Å². The number of benzene rings is 2. The maximum absolute atomic E-state index is 13.3. The number of sulfone groups is 1. The predicted octanol–water partition coefficient (Wildman–Crippen LogP) is 3.06. The molecule has 2 heterocycles. The van der Waals surface area contributed by atoms with Gasteiger partial charge in [0.2, 0.25) is 26.6 Å². The van der Waals surface area contributed by atoms with Gasteiger partial charge in [-0.3, -0.25) is 4.90 Å². The molecule has 0 bridgehead atoms. The van der Waals surface area contributed by atoms with Gasteiger partial charge in [0.25, 0.3) is 0 Å². The molecule has 1 aromatic heterocycles. The van der Waals surface area contributed by atoms with E-state index in [0.717, 1.165) is 13.1 Å². The molecular formula is C21H22FN3O4S. The van der Waals surface area contributed by atoms with Crippen molar-refractivity contribution in [2.75, 3.05) is 44.7 Å². The summed E-state index contributed by atoms with van der Waals surface area (Å²) in [5.41, 5.74) is 0.488. The summed E-state index contributed by atoms with van der Waals surface area (Å²) >= 11 is 0. The van der Waals surface area contributed by atoms with Crippen molar-refractivity contribution in [1.82, 2.24) is 9.88 Å². The molecule has 0 radical (unpaired) electrons. The number of rotatable bonds is 7. The van der Waals surface area contributed by atoms with Crippen molar-refractivity contribution in [2.24, 2.45) is 0 Å². The van der Waals surface area contributed by atoms with Crippen molar-refractivity contribution in [3.05, 3.63) is 60.4 Å². The van der Waals surface area contributed by atoms with E-state index in [9.17, 15) is 12.8 Å². The Morgan fingerprint density at radius 3 is 2.43 bits per heavy atom. The average molecular weight is 431 g/mol. The van der Waals surface area contributed by atoms with E-state index in [1.54, 1.807) is 18.2 Å². The van der Waals surface area contributed by atoms with E-state index in [1.807, 2.05) is 0 Å². The molecule has 0 saturated carbocycles. The minimum atomic E-state index is -3.90. The number of hydrogen-bond acceptors (Lipinski definition) is 7. The summed E-state index contributed by atoms with van der Waals surface area (Å²) in [4.78, 5) is 6.60. The summed E-state index contributed by atoms with van der Waals surface area (Å²) in [5.74, 6) is -0.212. The fourth-order valence-electron chi connectivity index (χ4n) is 3.18. The van der Waals surface area contributed by atoms with Gasteiger partial charge in [0.15, 0.2) is 0 Å². The number of nitrogens with one attached hydrogen (secondary N) is 1. The zero-order valence-corrected chi connectivity index (χ0v) is 17.1. The first-order chi connectivity index (χ1) is 14.5. The third-order valence-corrected chi connectivity index (χ3v) is 6.49. The average Bonchev–Trinajstić information content (AvgIpc) is 3.21. The molecule has 0 amide bonds. The summed E-state index contributed by atoms with van der Waals surface area (Å²) in [5, 5.41) is 2.89. The number of aromatic nitrogens is 1. The van der Waals surface area contributed by atoms with Crippen LogP contribution in [0.1, 0.15) is 0 Å². The van der Waals surface area contributed by atoms with Crippen LogP contribution in [0.3, 0.4) is 0 Å². The molecule has 0 unspecified atom stereocenters. The Morgan fingerprint density at radius 2 is 1.73 bits per heavy atom. The van der Waals surface area contributed by atoms with Gasteiger partial charge >= 0.3 is 0 Å². The largest absolute Gasteiger partial charge is 0.419 e. The number of morpholine rings is 1. The lowest BCUT2D eigenvalue weighted by Crippen LogP contribution is -2.39. The van der Waals surface area contributed by atoms with Crippen LogP contribution in [0.5, 0.6) is 0 Å². The smallest absolute Gasteiger partial charge is 0.233 e. The Labute approximate surface area is 174 Å². The highest BCUT2D eigenvalue weighted by molar-refractivity contribution is 7.91.